The molecule has 0 aliphatic rings. The van der Waals surface area contributed by atoms with Crippen molar-refractivity contribution in [1.29, 1.82) is 0 Å². The summed E-state index contributed by atoms with van der Waals surface area (Å²) in [6, 6.07) is 10.6. The first-order valence-electron chi connectivity index (χ1n) is 10.1. The maximum atomic E-state index is 12.9. The van der Waals surface area contributed by atoms with E-state index < -0.39 is 28.9 Å². The number of fused-ring (bicyclic) bond motifs is 4. The van der Waals surface area contributed by atoms with Gasteiger partial charge in [-0.3, -0.25) is 4.79 Å². The monoisotopic (exact) mass is 620 g/mol. The summed E-state index contributed by atoms with van der Waals surface area (Å²) >= 11 is 0. The van der Waals surface area contributed by atoms with Crippen molar-refractivity contribution in [3.8, 4) is 5.75 Å². The number of hydrogen-bond acceptors (Lipinski definition) is 4. The molecule has 0 unspecified atom stereocenters. The zero-order chi connectivity index (χ0) is 22.3. The van der Waals surface area contributed by atoms with E-state index in [1.54, 1.807) is 0 Å². The third-order valence-corrected chi connectivity index (χ3v) is 5.49. The van der Waals surface area contributed by atoms with Crippen LogP contribution in [0.2, 0.25) is 0 Å². The summed E-state index contributed by atoms with van der Waals surface area (Å²) in [5, 5.41) is 11.8. The fraction of sp³-hybridized carbons (Fsp3) is 0.304. The average Bonchev–Trinajstić information content (AvgIpc) is 3.02. The molecule has 1 radical (unpaired) electrons. The number of aromatic nitrogens is 1. The Labute approximate surface area is 232 Å². The summed E-state index contributed by atoms with van der Waals surface area (Å²) in [4.78, 5) is 23.8. The van der Waals surface area contributed by atoms with Crippen molar-refractivity contribution in [3.63, 3.8) is 0 Å². The number of para-hydroxylation sites is 1. The minimum absolute atomic E-state index is 0. The van der Waals surface area contributed by atoms with Crippen LogP contribution >= 0.6 is 0 Å². The molecule has 0 spiro atoms. The normalized spacial score (nSPS) is 11.2. The largest absolute Gasteiger partial charge is 0.506 e. The molecule has 34 heavy (non-hydrogen) atoms. The number of hydrogen-bond donors (Lipinski definition) is 1. The minimum Gasteiger partial charge on any atom is -0.506 e. The molecule has 0 amide bonds. The zero-order valence-corrected chi connectivity index (χ0v) is 20.6. The summed E-state index contributed by atoms with van der Waals surface area (Å²) in [6.45, 7) is 2.84. The molecule has 0 aliphatic carbocycles. The SMILES string of the molecule is CCCCCCn1c2ccccc2c2cc3c(O)c(C(=O)C(F)(F)F)c(=O)oc3cc21.O.O.[Eu]. The van der Waals surface area contributed by atoms with Gasteiger partial charge in [0, 0.05) is 78.3 Å². The van der Waals surface area contributed by atoms with E-state index in [0.717, 1.165) is 48.6 Å². The number of aromatic hydroxyl groups is 1. The molecule has 0 saturated heterocycles. The molecule has 2 aromatic heterocycles. The second-order valence-corrected chi connectivity index (χ2v) is 7.53. The Morgan fingerprint density at radius 1 is 1.00 bits per heavy atom. The Morgan fingerprint density at radius 3 is 2.32 bits per heavy atom. The van der Waals surface area contributed by atoms with Crippen molar-refractivity contribution in [2.75, 3.05) is 0 Å². The van der Waals surface area contributed by atoms with Crippen LogP contribution in [0.15, 0.2) is 45.6 Å². The van der Waals surface area contributed by atoms with Gasteiger partial charge in [0.1, 0.15) is 11.3 Å². The van der Waals surface area contributed by atoms with Crippen molar-refractivity contribution >= 4 is 38.6 Å². The molecule has 2 aromatic carbocycles. The molecule has 5 N–H and O–H groups in total. The van der Waals surface area contributed by atoms with Crippen LogP contribution in [0.4, 0.5) is 13.2 Å². The molecule has 11 heteroatoms. The number of rotatable bonds is 6. The number of carbonyl (C=O) groups is 1. The molecule has 0 aliphatic heterocycles. The van der Waals surface area contributed by atoms with Gasteiger partial charge in [0.05, 0.1) is 10.9 Å². The van der Waals surface area contributed by atoms with E-state index in [2.05, 4.69) is 11.5 Å². The van der Waals surface area contributed by atoms with Crippen LogP contribution in [0.1, 0.15) is 43.0 Å². The first kappa shape index (κ1) is 30.2. The van der Waals surface area contributed by atoms with Gasteiger partial charge in [-0.1, -0.05) is 44.4 Å². The van der Waals surface area contributed by atoms with Gasteiger partial charge in [-0.2, -0.15) is 13.2 Å². The van der Waals surface area contributed by atoms with Gasteiger partial charge in [-0.15, -0.1) is 0 Å². The second kappa shape index (κ2) is 11.8. The fourth-order valence-electron chi connectivity index (χ4n) is 4.01. The van der Waals surface area contributed by atoms with Gasteiger partial charge >= 0.3 is 11.8 Å². The Balaban J connectivity index is 0.00000193. The molecule has 4 rings (SSSR count). The van der Waals surface area contributed by atoms with Crippen molar-refractivity contribution in [1.82, 2.24) is 4.57 Å². The maximum Gasteiger partial charge on any atom is 0.455 e. The Bertz CT molecular complexity index is 1380. The van der Waals surface area contributed by atoms with E-state index in [4.69, 9.17) is 4.42 Å². The van der Waals surface area contributed by atoms with Gasteiger partial charge in [0.25, 0.3) is 5.78 Å². The van der Waals surface area contributed by atoms with Gasteiger partial charge in [-0.05, 0) is 18.6 Å². The number of aryl methyl sites for hydroxylation is 1. The molecule has 185 valence electrons. The number of halogens is 3. The first-order chi connectivity index (χ1) is 14.7. The molecular formula is C23H24EuF3NO6. The van der Waals surface area contributed by atoms with Crippen LogP contribution in [-0.4, -0.2) is 32.6 Å². The molecule has 0 saturated carbocycles. The first-order valence-corrected chi connectivity index (χ1v) is 10.1. The number of unbranched alkanes of at least 4 members (excludes halogenated alkanes) is 3. The minimum atomic E-state index is -5.31. The third-order valence-electron chi connectivity index (χ3n) is 5.49. The van der Waals surface area contributed by atoms with Gasteiger partial charge in [0.2, 0.25) is 0 Å². The molecule has 7 nitrogen and oxygen atoms in total. The average molecular weight is 619 g/mol. The van der Waals surface area contributed by atoms with E-state index in [1.165, 1.54) is 12.1 Å². The molecule has 4 aromatic rings. The summed E-state index contributed by atoms with van der Waals surface area (Å²) in [6.07, 6.45) is -1.11. The summed E-state index contributed by atoms with van der Waals surface area (Å²) in [7, 11) is 0. The second-order valence-electron chi connectivity index (χ2n) is 7.53. The molecule has 0 bridgehead atoms. The van der Waals surface area contributed by atoms with Gasteiger partial charge < -0.3 is 25.0 Å². The van der Waals surface area contributed by atoms with E-state index in [0.29, 0.717) is 5.39 Å². The predicted octanol–water partition coefficient (Wildman–Crippen LogP) is 4.28. The quantitative estimate of drug-likeness (QED) is 0.196. The maximum absolute atomic E-state index is 12.9. The Hall–Kier alpha value is -1.79. The van der Waals surface area contributed by atoms with Crippen LogP contribution in [-0.2, 0) is 6.54 Å². The number of benzene rings is 2. The summed E-state index contributed by atoms with van der Waals surface area (Å²) < 4.78 is 45.8. The van der Waals surface area contributed by atoms with Crippen molar-refractivity contribution in [2.24, 2.45) is 0 Å². The standard InChI is InChI=1S/C23H20F3NO4.Eu.2H2O/c1-2-3-4-7-10-27-16-9-6-5-8-13(16)14-11-15-18(12-17(14)27)31-22(30)19(20(15)28)21(29)23(24,25)26;;;/h5-6,8-9,11-12,28H,2-4,7,10H2,1H3;;2*1H2. The number of alkyl halides is 3. The number of ketones is 1. The zero-order valence-electron chi connectivity index (χ0n) is 18.1. The van der Waals surface area contributed by atoms with Crippen LogP contribution in [0.3, 0.4) is 0 Å². The van der Waals surface area contributed by atoms with E-state index in [1.807, 2.05) is 24.3 Å². The third kappa shape index (κ3) is 5.38. The van der Waals surface area contributed by atoms with E-state index in [-0.39, 0.29) is 71.3 Å². The number of Topliss-reactive ketones (excluding diaryl/α,β-unsaturated/α-hetero) is 1. The predicted molar refractivity (Wildman–Crippen MR) is 119 cm³/mol. The van der Waals surface area contributed by atoms with Crippen molar-refractivity contribution in [2.45, 2.75) is 45.3 Å². The van der Waals surface area contributed by atoms with Crippen LogP contribution in [0.5, 0.6) is 5.75 Å². The fourth-order valence-corrected chi connectivity index (χ4v) is 4.01. The van der Waals surface area contributed by atoms with Crippen molar-refractivity contribution < 1.29 is 87.8 Å². The molecular weight excluding hydrogens is 595 g/mol. The molecule has 2 heterocycles. The van der Waals surface area contributed by atoms with Crippen molar-refractivity contribution in [3.05, 3.63) is 52.4 Å². The number of carbonyl (C=O) groups excluding carboxylic acids is 1. The number of nitrogens with zero attached hydrogens (tertiary/aromatic N) is 1. The van der Waals surface area contributed by atoms with Crippen LogP contribution in [0, 0.1) is 49.4 Å². The van der Waals surface area contributed by atoms with E-state index >= 15 is 0 Å². The Morgan fingerprint density at radius 2 is 1.68 bits per heavy atom. The van der Waals surface area contributed by atoms with Crippen LogP contribution < -0.4 is 5.63 Å². The topological polar surface area (TPSA) is 135 Å². The van der Waals surface area contributed by atoms with Gasteiger partial charge in [-0.25, -0.2) is 4.79 Å². The smallest absolute Gasteiger partial charge is 0.455 e. The molecule has 0 atom stereocenters. The summed E-state index contributed by atoms with van der Waals surface area (Å²) in [5.74, 6) is -3.45. The van der Waals surface area contributed by atoms with E-state index in [9.17, 15) is 27.9 Å². The Kier molecular flexibility index (Phi) is 10.5. The van der Waals surface area contributed by atoms with Crippen LogP contribution in [0.25, 0.3) is 32.8 Å². The summed E-state index contributed by atoms with van der Waals surface area (Å²) in [5.41, 5.74) is -1.33. The molecule has 0 fully saturated rings. The van der Waals surface area contributed by atoms with Gasteiger partial charge in [0.15, 0.2) is 5.56 Å².